The Bertz CT molecular complexity index is 687. The first-order valence-electron chi connectivity index (χ1n) is 5.94. The highest BCUT2D eigenvalue weighted by molar-refractivity contribution is 5.55. The maximum Gasteiger partial charge on any atom is 0.416 e. The molecular weight excluding hydrogens is 283 g/mol. The van der Waals surface area contributed by atoms with E-state index in [9.17, 15) is 18.0 Å². The average molecular weight is 293 g/mol. The lowest BCUT2D eigenvalue weighted by molar-refractivity contribution is -0.137. The third kappa shape index (κ3) is 3.70. The third-order valence-corrected chi connectivity index (χ3v) is 2.75. The first kappa shape index (κ1) is 14.8. The van der Waals surface area contributed by atoms with Crippen LogP contribution in [-0.2, 0) is 11.0 Å². The highest BCUT2D eigenvalue weighted by Crippen LogP contribution is 2.32. The fourth-order valence-corrected chi connectivity index (χ4v) is 1.71. The lowest BCUT2D eigenvalue weighted by Gasteiger charge is -2.09. The summed E-state index contributed by atoms with van der Waals surface area (Å²) in [7, 11) is 0. The van der Waals surface area contributed by atoms with Crippen LogP contribution in [-0.4, -0.2) is 6.08 Å². The maximum absolute atomic E-state index is 12.4. The molecule has 0 heterocycles. The summed E-state index contributed by atoms with van der Waals surface area (Å²) in [6.07, 6.45) is -2.93. The van der Waals surface area contributed by atoms with Crippen molar-refractivity contribution >= 4 is 11.8 Å². The molecule has 2 aromatic carbocycles. The number of carbonyl (C=O) groups excluding carboxylic acids is 1. The van der Waals surface area contributed by atoms with Crippen molar-refractivity contribution in [3.05, 3.63) is 53.6 Å². The summed E-state index contributed by atoms with van der Waals surface area (Å²) in [4.78, 5) is 13.7. The molecule has 0 amide bonds. The Balaban J connectivity index is 2.18. The smallest absolute Gasteiger partial charge is 0.416 e. The Hall–Kier alpha value is -2.59. The summed E-state index contributed by atoms with van der Waals surface area (Å²) in [5.74, 6) is 0.728. The van der Waals surface area contributed by atoms with Crippen LogP contribution >= 0.6 is 0 Å². The molecule has 0 fully saturated rings. The van der Waals surface area contributed by atoms with Gasteiger partial charge in [-0.25, -0.2) is 4.79 Å². The molecule has 6 heteroatoms. The first-order valence-corrected chi connectivity index (χ1v) is 5.94. The molecule has 0 radical (unpaired) electrons. The second-order valence-electron chi connectivity index (χ2n) is 4.28. The monoisotopic (exact) mass is 293 g/mol. The molecule has 2 rings (SSSR count). The third-order valence-electron chi connectivity index (χ3n) is 2.75. The molecule has 0 saturated carbocycles. The molecule has 0 aliphatic heterocycles. The number of isocyanates is 1. The van der Waals surface area contributed by atoms with Crippen LogP contribution in [0.25, 0.3) is 0 Å². The molecule has 0 spiro atoms. The van der Waals surface area contributed by atoms with E-state index in [0.29, 0.717) is 17.0 Å². The van der Waals surface area contributed by atoms with E-state index in [0.717, 1.165) is 12.1 Å². The van der Waals surface area contributed by atoms with Gasteiger partial charge in [0.15, 0.2) is 0 Å². The van der Waals surface area contributed by atoms with Gasteiger partial charge in [-0.2, -0.15) is 18.2 Å². The number of aliphatic imine (C=N–C) groups is 1. The van der Waals surface area contributed by atoms with Gasteiger partial charge in [-0.1, -0.05) is 0 Å². The normalized spacial score (nSPS) is 10.9. The van der Waals surface area contributed by atoms with E-state index < -0.39 is 11.7 Å². The van der Waals surface area contributed by atoms with Crippen LogP contribution in [0.5, 0.6) is 11.5 Å². The van der Waals surface area contributed by atoms with Gasteiger partial charge in [0, 0.05) is 0 Å². The van der Waals surface area contributed by atoms with E-state index >= 15 is 0 Å². The van der Waals surface area contributed by atoms with E-state index in [1.54, 1.807) is 25.1 Å². The van der Waals surface area contributed by atoms with Gasteiger partial charge in [-0.3, -0.25) is 0 Å². The van der Waals surface area contributed by atoms with Crippen molar-refractivity contribution in [3.8, 4) is 11.5 Å². The number of hydrogen-bond donors (Lipinski definition) is 0. The van der Waals surface area contributed by atoms with Gasteiger partial charge in [0.25, 0.3) is 0 Å². The van der Waals surface area contributed by atoms with E-state index in [-0.39, 0.29) is 5.75 Å². The summed E-state index contributed by atoms with van der Waals surface area (Å²) in [5, 5.41) is 0. The molecule has 0 aromatic heterocycles. The van der Waals surface area contributed by atoms with Gasteiger partial charge in [-0.15, -0.1) is 0 Å². The second kappa shape index (κ2) is 5.81. The molecule has 0 bridgehead atoms. The van der Waals surface area contributed by atoms with Crippen LogP contribution in [0.4, 0.5) is 18.9 Å². The van der Waals surface area contributed by atoms with Crippen molar-refractivity contribution in [2.24, 2.45) is 4.99 Å². The number of alkyl halides is 3. The molecule has 0 atom stereocenters. The maximum atomic E-state index is 12.4. The van der Waals surface area contributed by atoms with Crippen LogP contribution in [0.1, 0.15) is 11.1 Å². The molecule has 0 aliphatic carbocycles. The largest absolute Gasteiger partial charge is 0.457 e. The average Bonchev–Trinajstić information content (AvgIpc) is 2.42. The van der Waals surface area contributed by atoms with Gasteiger partial charge in [0.2, 0.25) is 6.08 Å². The second-order valence-corrected chi connectivity index (χ2v) is 4.28. The molecule has 0 saturated heterocycles. The number of nitrogens with zero attached hydrogens (tertiary/aromatic N) is 1. The van der Waals surface area contributed by atoms with Gasteiger partial charge in [0.1, 0.15) is 11.5 Å². The van der Waals surface area contributed by atoms with Crippen molar-refractivity contribution in [1.29, 1.82) is 0 Å². The van der Waals surface area contributed by atoms with E-state index in [2.05, 4.69) is 4.99 Å². The summed E-state index contributed by atoms with van der Waals surface area (Å²) in [5.41, 5.74) is 0.425. The fraction of sp³-hybridized carbons (Fsp3) is 0.133. The number of rotatable bonds is 3. The summed E-state index contributed by atoms with van der Waals surface area (Å²) in [6.45, 7) is 1.73. The van der Waals surface area contributed by atoms with Gasteiger partial charge < -0.3 is 4.74 Å². The standard InChI is InChI=1S/C15H10F3NO2/c1-10-8-13(6-7-14(10)19-9-20)21-12-4-2-11(3-5-12)15(16,17)18/h2-8H,1H3. The molecule has 108 valence electrons. The van der Waals surface area contributed by atoms with Crippen LogP contribution in [0.3, 0.4) is 0 Å². The molecule has 0 aliphatic rings. The minimum atomic E-state index is -4.37. The lowest BCUT2D eigenvalue weighted by Crippen LogP contribution is -2.03. The van der Waals surface area contributed by atoms with Crippen molar-refractivity contribution in [1.82, 2.24) is 0 Å². The molecule has 0 N–H and O–H groups in total. The molecule has 21 heavy (non-hydrogen) atoms. The number of ether oxygens (including phenoxy) is 1. The zero-order valence-corrected chi connectivity index (χ0v) is 10.9. The highest BCUT2D eigenvalue weighted by atomic mass is 19.4. The van der Waals surface area contributed by atoms with Gasteiger partial charge in [0.05, 0.1) is 11.3 Å². The Morgan fingerprint density at radius 3 is 2.19 bits per heavy atom. The Kier molecular flexibility index (Phi) is 4.10. The number of halogens is 3. The SMILES string of the molecule is Cc1cc(Oc2ccc(C(F)(F)F)cc2)ccc1N=C=O. The van der Waals surface area contributed by atoms with E-state index in [1.807, 2.05) is 0 Å². The number of benzene rings is 2. The van der Waals surface area contributed by atoms with Crippen LogP contribution in [0, 0.1) is 6.92 Å². The zero-order chi connectivity index (χ0) is 15.5. The molecule has 2 aromatic rings. The molecular formula is C15H10F3NO2. The Labute approximate surface area is 118 Å². The van der Waals surface area contributed by atoms with Crippen molar-refractivity contribution in [3.63, 3.8) is 0 Å². The topological polar surface area (TPSA) is 38.7 Å². The van der Waals surface area contributed by atoms with Crippen molar-refractivity contribution in [2.45, 2.75) is 13.1 Å². The minimum Gasteiger partial charge on any atom is -0.457 e. The summed E-state index contributed by atoms with van der Waals surface area (Å²) in [6, 6.07) is 9.17. The number of aryl methyl sites for hydroxylation is 1. The lowest BCUT2D eigenvalue weighted by atomic mass is 10.2. The van der Waals surface area contributed by atoms with Gasteiger partial charge in [-0.05, 0) is 55.0 Å². The zero-order valence-electron chi connectivity index (χ0n) is 10.9. The predicted octanol–water partition coefficient (Wildman–Crippen LogP) is 4.77. The first-order chi connectivity index (χ1) is 9.90. The molecule has 0 unspecified atom stereocenters. The highest BCUT2D eigenvalue weighted by Gasteiger charge is 2.30. The van der Waals surface area contributed by atoms with E-state index in [1.165, 1.54) is 18.2 Å². The van der Waals surface area contributed by atoms with Crippen LogP contribution in [0.2, 0.25) is 0 Å². The van der Waals surface area contributed by atoms with Crippen LogP contribution in [0.15, 0.2) is 47.5 Å². The van der Waals surface area contributed by atoms with Crippen molar-refractivity contribution < 1.29 is 22.7 Å². The van der Waals surface area contributed by atoms with Crippen molar-refractivity contribution in [2.75, 3.05) is 0 Å². The summed E-state index contributed by atoms with van der Waals surface area (Å²) < 4.78 is 42.8. The van der Waals surface area contributed by atoms with E-state index in [4.69, 9.17) is 4.74 Å². The Morgan fingerprint density at radius 1 is 1.05 bits per heavy atom. The van der Waals surface area contributed by atoms with Gasteiger partial charge >= 0.3 is 6.18 Å². The predicted molar refractivity (Wildman–Crippen MR) is 70.5 cm³/mol. The minimum absolute atomic E-state index is 0.286. The summed E-state index contributed by atoms with van der Waals surface area (Å²) >= 11 is 0. The quantitative estimate of drug-likeness (QED) is 0.603. The molecule has 3 nitrogen and oxygen atoms in total. The number of hydrogen-bond acceptors (Lipinski definition) is 3. The fourth-order valence-electron chi connectivity index (χ4n) is 1.71. The van der Waals surface area contributed by atoms with Crippen LogP contribution < -0.4 is 4.74 Å². The Morgan fingerprint density at radius 2 is 1.67 bits per heavy atom.